The molecule has 0 saturated carbocycles. The van der Waals surface area contributed by atoms with Gasteiger partial charge in [-0.1, -0.05) is 12.1 Å². The van der Waals surface area contributed by atoms with Gasteiger partial charge in [0, 0.05) is 6.54 Å². The number of fused-ring (bicyclic) bond motifs is 1. The quantitative estimate of drug-likeness (QED) is 0.775. The van der Waals surface area contributed by atoms with E-state index in [0.29, 0.717) is 4.90 Å². The Morgan fingerprint density at radius 1 is 1.15 bits per heavy atom. The summed E-state index contributed by atoms with van der Waals surface area (Å²) in [6.07, 6.45) is -0.743. The Kier molecular flexibility index (Phi) is 4.43. The van der Waals surface area contributed by atoms with Gasteiger partial charge in [0.15, 0.2) is 0 Å². The fraction of sp³-hybridized carbons (Fsp3) is 0.444. The highest BCUT2D eigenvalue weighted by Crippen LogP contribution is 2.33. The first-order chi connectivity index (χ1) is 12.6. The molecular formula is C18H20N2O7. The van der Waals surface area contributed by atoms with E-state index in [0.717, 1.165) is 4.90 Å². The van der Waals surface area contributed by atoms with Gasteiger partial charge in [-0.25, -0.2) is 14.5 Å². The van der Waals surface area contributed by atoms with Gasteiger partial charge in [0.05, 0.1) is 24.3 Å². The zero-order chi connectivity index (χ0) is 20.0. The van der Waals surface area contributed by atoms with Gasteiger partial charge in [0.1, 0.15) is 5.60 Å². The summed E-state index contributed by atoms with van der Waals surface area (Å²) in [5.41, 5.74) is -2.90. The molecule has 0 aliphatic carbocycles. The Labute approximate surface area is 155 Å². The van der Waals surface area contributed by atoms with Gasteiger partial charge in [-0.15, -0.1) is 0 Å². The topological polar surface area (TPSA) is 113 Å². The lowest BCUT2D eigenvalue weighted by Gasteiger charge is -2.43. The van der Waals surface area contributed by atoms with Crippen LogP contribution in [0.4, 0.5) is 4.79 Å². The van der Waals surface area contributed by atoms with Crippen LogP contribution in [0, 0.1) is 0 Å². The van der Waals surface area contributed by atoms with Crippen molar-refractivity contribution in [2.45, 2.75) is 32.1 Å². The van der Waals surface area contributed by atoms with Gasteiger partial charge in [0.2, 0.25) is 0 Å². The molecule has 1 atom stereocenters. The van der Waals surface area contributed by atoms with Crippen LogP contribution in [-0.4, -0.2) is 69.8 Å². The van der Waals surface area contributed by atoms with Crippen molar-refractivity contribution < 1.29 is 33.8 Å². The molecule has 1 saturated heterocycles. The average Bonchev–Trinajstić information content (AvgIpc) is 2.85. The largest absolute Gasteiger partial charge is 0.478 e. The van der Waals surface area contributed by atoms with Crippen molar-refractivity contribution in [2.24, 2.45) is 0 Å². The summed E-state index contributed by atoms with van der Waals surface area (Å²) in [5, 5.41) is 9.85. The Balaban J connectivity index is 1.96. The number of morpholine rings is 1. The summed E-state index contributed by atoms with van der Waals surface area (Å²) in [6, 6.07) is 6.05. The molecule has 3 rings (SSSR count). The lowest BCUT2D eigenvalue weighted by atomic mass is 10.1. The van der Waals surface area contributed by atoms with Crippen molar-refractivity contribution in [2.75, 3.05) is 19.7 Å². The summed E-state index contributed by atoms with van der Waals surface area (Å²) in [5.74, 6) is -3.08. The molecule has 0 bridgehead atoms. The maximum Gasteiger partial charge on any atom is 0.410 e. The predicted molar refractivity (Wildman–Crippen MR) is 91.1 cm³/mol. The summed E-state index contributed by atoms with van der Waals surface area (Å²) in [4.78, 5) is 51.7. The number of ether oxygens (including phenoxy) is 2. The van der Waals surface area contributed by atoms with E-state index in [-0.39, 0.29) is 24.3 Å². The van der Waals surface area contributed by atoms with E-state index in [2.05, 4.69) is 0 Å². The van der Waals surface area contributed by atoms with Gasteiger partial charge in [-0.2, -0.15) is 0 Å². The second-order valence-electron chi connectivity index (χ2n) is 7.33. The fourth-order valence-electron chi connectivity index (χ4n) is 3.07. The number of carbonyl (C=O) groups is 4. The van der Waals surface area contributed by atoms with Gasteiger partial charge in [0.25, 0.3) is 17.5 Å². The Hall–Kier alpha value is -2.94. The normalized spacial score (nSPS) is 22.6. The first kappa shape index (κ1) is 18.8. The van der Waals surface area contributed by atoms with E-state index >= 15 is 0 Å². The standard InChI is InChI=1S/C18H20N2O7/c1-17(2,3)27-16(25)19-8-9-26-18(10-19,15(23)24)20-13(21)11-6-4-5-7-12(11)14(20)22/h4-7H,8-10H2,1-3H3,(H,23,24). The molecule has 2 heterocycles. The zero-order valence-corrected chi connectivity index (χ0v) is 15.2. The highest BCUT2D eigenvalue weighted by molar-refractivity contribution is 6.23. The molecule has 144 valence electrons. The second kappa shape index (κ2) is 6.34. The molecule has 9 nitrogen and oxygen atoms in total. The molecule has 27 heavy (non-hydrogen) atoms. The maximum absolute atomic E-state index is 12.7. The monoisotopic (exact) mass is 376 g/mol. The van der Waals surface area contributed by atoms with E-state index in [1.807, 2.05) is 0 Å². The molecule has 1 N–H and O–H groups in total. The molecule has 1 unspecified atom stereocenters. The summed E-state index contributed by atoms with van der Waals surface area (Å²) >= 11 is 0. The van der Waals surface area contributed by atoms with E-state index < -0.39 is 41.7 Å². The van der Waals surface area contributed by atoms with Crippen LogP contribution >= 0.6 is 0 Å². The van der Waals surface area contributed by atoms with Crippen LogP contribution in [0.5, 0.6) is 0 Å². The molecule has 1 aromatic rings. The number of carbonyl (C=O) groups excluding carboxylic acids is 3. The van der Waals surface area contributed by atoms with Gasteiger partial charge < -0.3 is 19.5 Å². The lowest BCUT2D eigenvalue weighted by Crippen LogP contribution is -2.68. The SMILES string of the molecule is CC(C)(C)OC(=O)N1CCOC(C(=O)O)(N2C(=O)c3ccccc3C2=O)C1. The molecule has 2 aliphatic heterocycles. The Morgan fingerprint density at radius 3 is 2.19 bits per heavy atom. The first-order valence-electron chi connectivity index (χ1n) is 8.40. The van der Waals surface area contributed by atoms with Crippen LogP contribution in [0.15, 0.2) is 24.3 Å². The third-order valence-electron chi connectivity index (χ3n) is 4.25. The van der Waals surface area contributed by atoms with Crippen molar-refractivity contribution >= 4 is 23.9 Å². The van der Waals surface area contributed by atoms with Crippen LogP contribution in [-0.2, 0) is 14.3 Å². The van der Waals surface area contributed by atoms with Crippen molar-refractivity contribution in [1.29, 1.82) is 0 Å². The van der Waals surface area contributed by atoms with Gasteiger partial charge in [-0.3, -0.25) is 9.59 Å². The number of carboxylic acid groups (broad SMARTS) is 1. The Bertz CT molecular complexity index is 794. The van der Waals surface area contributed by atoms with Crippen molar-refractivity contribution in [3.05, 3.63) is 35.4 Å². The molecular weight excluding hydrogens is 356 g/mol. The molecule has 0 spiro atoms. The van der Waals surface area contributed by atoms with Crippen LogP contribution in [0.1, 0.15) is 41.5 Å². The number of nitrogens with zero attached hydrogens (tertiary/aromatic N) is 2. The number of carboxylic acids is 1. The third kappa shape index (κ3) is 3.14. The molecule has 1 aromatic carbocycles. The number of hydrogen-bond acceptors (Lipinski definition) is 6. The molecule has 1 fully saturated rings. The van der Waals surface area contributed by atoms with Crippen LogP contribution in [0.2, 0.25) is 0 Å². The van der Waals surface area contributed by atoms with E-state index in [1.165, 1.54) is 12.1 Å². The van der Waals surface area contributed by atoms with Crippen LogP contribution < -0.4 is 0 Å². The van der Waals surface area contributed by atoms with Crippen LogP contribution in [0.25, 0.3) is 0 Å². The van der Waals surface area contributed by atoms with Crippen molar-refractivity contribution in [1.82, 2.24) is 9.80 Å². The van der Waals surface area contributed by atoms with Crippen molar-refractivity contribution in [3.8, 4) is 0 Å². The molecule has 0 radical (unpaired) electrons. The molecule has 2 aliphatic rings. The van der Waals surface area contributed by atoms with Crippen LogP contribution in [0.3, 0.4) is 0 Å². The minimum absolute atomic E-state index is 0.0765. The van der Waals surface area contributed by atoms with E-state index in [4.69, 9.17) is 9.47 Å². The van der Waals surface area contributed by atoms with Crippen molar-refractivity contribution in [3.63, 3.8) is 0 Å². The third-order valence-corrected chi connectivity index (χ3v) is 4.25. The number of rotatable bonds is 2. The fourth-order valence-corrected chi connectivity index (χ4v) is 3.07. The highest BCUT2D eigenvalue weighted by Gasteiger charge is 2.58. The molecule has 0 aromatic heterocycles. The summed E-state index contributed by atoms with van der Waals surface area (Å²) in [7, 11) is 0. The maximum atomic E-state index is 12.7. The number of hydrogen-bond donors (Lipinski definition) is 1. The number of amides is 3. The van der Waals surface area contributed by atoms with Gasteiger partial charge >= 0.3 is 12.1 Å². The number of aliphatic carboxylic acids is 1. The second-order valence-corrected chi connectivity index (χ2v) is 7.33. The van der Waals surface area contributed by atoms with Gasteiger partial charge in [-0.05, 0) is 32.9 Å². The average molecular weight is 376 g/mol. The minimum atomic E-state index is -2.32. The number of imide groups is 1. The first-order valence-corrected chi connectivity index (χ1v) is 8.40. The number of benzene rings is 1. The van der Waals surface area contributed by atoms with E-state index in [1.54, 1.807) is 32.9 Å². The minimum Gasteiger partial charge on any atom is -0.478 e. The predicted octanol–water partition coefficient (Wildman–Crippen LogP) is 1.33. The summed E-state index contributed by atoms with van der Waals surface area (Å²) < 4.78 is 10.7. The Morgan fingerprint density at radius 2 is 1.70 bits per heavy atom. The van der Waals surface area contributed by atoms with E-state index in [9.17, 15) is 24.3 Å². The molecule has 9 heteroatoms. The highest BCUT2D eigenvalue weighted by atomic mass is 16.6. The lowest BCUT2D eigenvalue weighted by molar-refractivity contribution is -0.199. The smallest absolute Gasteiger partial charge is 0.410 e. The zero-order valence-electron chi connectivity index (χ0n) is 15.2. The molecule has 3 amide bonds. The summed E-state index contributed by atoms with van der Waals surface area (Å²) in [6.45, 7) is 4.43.